The number of carbonyl (C=O) groups is 3. The Bertz CT molecular complexity index is 1620. The largest absolute Gasteiger partial charge is 0.459 e. The predicted molar refractivity (Wildman–Crippen MR) is 160 cm³/mol. The third-order valence-corrected chi connectivity index (χ3v) is 10.3. The minimum absolute atomic E-state index is 0.0415. The van der Waals surface area contributed by atoms with E-state index in [9.17, 15) is 14.4 Å². The number of carbonyl (C=O) groups excluding carboxylic acids is 3. The highest BCUT2D eigenvalue weighted by molar-refractivity contribution is 6.36. The summed E-state index contributed by atoms with van der Waals surface area (Å²) >= 11 is 21.1. The van der Waals surface area contributed by atoms with Gasteiger partial charge in [0, 0.05) is 11.4 Å². The number of imide groups is 1. The second-order valence-corrected chi connectivity index (χ2v) is 12.6. The summed E-state index contributed by atoms with van der Waals surface area (Å²) in [7, 11) is 0. The fourth-order valence-electron chi connectivity index (χ4n) is 6.94. The van der Waals surface area contributed by atoms with Gasteiger partial charge in [-0.3, -0.25) is 14.5 Å². The Labute approximate surface area is 258 Å². The zero-order valence-corrected chi connectivity index (χ0v) is 24.4. The molecular weight excluding hydrogens is 593 g/mol. The lowest BCUT2D eigenvalue weighted by atomic mass is 9.54. The first-order valence-electron chi connectivity index (χ1n) is 13.7. The molecule has 1 aliphatic heterocycles. The van der Waals surface area contributed by atoms with E-state index in [1.54, 1.807) is 24.3 Å². The fourth-order valence-corrected chi connectivity index (χ4v) is 8.17. The van der Waals surface area contributed by atoms with Crippen LogP contribution in [0.15, 0.2) is 103 Å². The highest BCUT2D eigenvalue weighted by Crippen LogP contribution is 2.69. The first kappa shape index (κ1) is 27.2. The molecule has 1 saturated heterocycles. The molecule has 8 rings (SSSR count). The average molecular weight is 617 g/mol. The first-order chi connectivity index (χ1) is 20.3. The monoisotopic (exact) mass is 615 g/mol. The number of alkyl halides is 2. The summed E-state index contributed by atoms with van der Waals surface area (Å²) < 4.78 is 5.71. The quantitative estimate of drug-likeness (QED) is 0.139. The molecule has 5 nitrogen and oxygen atoms in total. The van der Waals surface area contributed by atoms with Gasteiger partial charge in [0.25, 0.3) is 0 Å². The van der Waals surface area contributed by atoms with Crippen LogP contribution in [0.4, 0.5) is 0 Å². The van der Waals surface area contributed by atoms with Gasteiger partial charge in [0.1, 0.15) is 22.4 Å². The predicted octanol–water partition coefficient (Wildman–Crippen LogP) is 6.59. The molecule has 0 radical (unpaired) electrons. The van der Waals surface area contributed by atoms with Crippen molar-refractivity contribution in [3.63, 3.8) is 0 Å². The molecule has 4 aromatic carbocycles. The second kappa shape index (κ2) is 9.98. The number of amides is 2. The summed E-state index contributed by atoms with van der Waals surface area (Å²) in [5.74, 6) is -3.76. The van der Waals surface area contributed by atoms with Crippen molar-refractivity contribution in [3.05, 3.63) is 142 Å². The molecule has 3 atom stereocenters. The summed E-state index contributed by atoms with van der Waals surface area (Å²) in [6, 6.07) is 29.8. The maximum atomic E-state index is 14.5. The van der Waals surface area contributed by atoms with Crippen molar-refractivity contribution in [1.29, 1.82) is 0 Å². The van der Waals surface area contributed by atoms with Crippen LogP contribution in [0.3, 0.4) is 0 Å². The number of benzene rings is 4. The van der Waals surface area contributed by atoms with Crippen LogP contribution in [-0.2, 0) is 41.9 Å². The molecule has 0 aromatic heterocycles. The van der Waals surface area contributed by atoms with Crippen molar-refractivity contribution < 1.29 is 19.1 Å². The molecule has 8 heteroatoms. The number of rotatable bonds is 6. The Balaban J connectivity index is 1.32. The van der Waals surface area contributed by atoms with Crippen LogP contribution in [0.5, 0.6) is 0 Å². The third-order valence-electron chi connectivity index (χ3n) is 8.77. The normalized spacial score (nSPS) is 25.9. The minimum Gasteiger partial charge on any atom is -0.459 e. The van der Waals surface area contributed by atoms with Gasteiger partial charge in [-0.25, -0.2) is 4.79 Å². The van der Waals surface area contributed by atoms with E-state index < -0.39 is 45.4 Å². The van der Waals surface area contributed by atoms with Crippen molar-refractivity contribution in [2.75, 3.05) is 0 Å². The number of hydrogen-bond acceptors (Lipinski definition) is 4. The molecule has 2 amide bonds. The molecule has 4 aromatic rings. The van der Waals surface area contributed by atoms with Crippen molar-refractivity contribution in [1.82, 2.24) is 4.90 Å². The Morgan fingerprint density at radius 2 is 1.14 bits per heavy atom. The maximum absolute atomic E-state index is 14.5. The van der Waals surface area contributed by atoms with Gasteiger partial charge in [-0.2, -0.15) is 0 Å². The van der Waals surface area contributed by atoms with Crippen LogP contribution < -0.4 is 0 Å². The number of esters is 1. The summed E-state index contributed by atoms with van der Waals surface area (Å²) in [6.07, 6.45) is 0.0850. The SMILES string of the molecule is O=C(OCc1ccc(Cl)cc1)[C@@H](Cc1ccccc1)N1C(=O)[C@@H]2[C@H](C1=O)C1(Cl)c3ccccc3C2(Cl)c2ccccc21. The van der Waals surface area contributed by atoms with Gasteiger partial charge in [-0.1, -0.05) is 103 Å². The molecule has 42 heavy (non-hydrogen) atoms. The van der Waals surface area contributed by atoms with E-state index in [2.05, 4.69) is 0 Å². The Kier molecular flexibility index (Phi) is 6.46. The molecule has 210 valence electrons. The van der Waals surface area contributed by atoms with Gasteiger partial charge in [0.15, 0.2) is 0 Å². The smallest absolute Gasteiger partial charge is 0.330 e. The molecule has 0 spiro atoms. The lowest BCUT2D eigenvalue weighted by Gasteiger charge is -2.54. The van der Waals surface area contributed by atoms with Crippen LogP contribution in [0.25, 0.3) is 0 Å². The van der Waals surface area contributed by atoms with Crippen LogP contribution in [0, 0.1) is 11.8 Å². The van der Waals surface area contributed by atoms with Crippen molar-refractivity contribution >= 4 is 52.6 Å². The summed E-state index contributed by atoms with van der Waals surface area (Å²) in [5.41, 5.74) is 4.31. The number of hydrogen-bond donors (Lipinski definition) is 0. The Morgan fingerprint density at radius 1 is 0.690 bits per heavy atom. The van der Waals surface area contributed by atoms with Crippen LogP contribution in [-0.4, -0.2) is 28.7 Å². The topological polar surface area (TPSA) is 63.7 Å². The highest BCUT2D eigenvalue weighted by Gasteiger charge is 2.73. The lowest BCUT2D eigenvalue weighted by Crippen LogP contribution is -2.57. The minimum atomic E-state index is -1.33. The van der Waals surface area contributed by atoms with Gasteiger partial charge in [-0.15, -0.1) is 23.2 Å². The number of nitrogens with zero attached hydrogens (tertiary/aromatic N) is 1. The van der Waals surface area contributed by atoms with E-state index in [-0.39, 0.29) is 13.0 Å². The third kappa shape index (κ3) is 3.80. The highest BCUT2D eigenvalue weighted by atomic mass is 35.5. The van der Waals surface area contributed by atoms with Crippen molar-refractivity contribution in [2.24, 2.45) is 11.8 Å². The maximum Gasteiger partial charge on any atom is 0.330 e. The van der Waals surface area contributed by atoms with E-state index >= 15 is 0 Å². The second-order valence-electron chi connectivity index (χ2n) is 11.0. The van der Waals surface area contributed by atoms with Gasteiger partial charge < -0.3 is 4.74 Å². The average Bonchev–Trinajstić information content (AvgIpc) is 3.29. The van der Waals surface area contributed by atoms with E-state index in [1.807, 2.05) is 78.9 Å². The van der Waals surface area contributed by atoms with E-state index in [0.717, 1.165) is 16.0 Å². The number of halogens is 3. The molecular formula is C34H24Cl3NO4. The zero-order valence-electron chi connectivity index (χ0n) is 22.2. The number of ether oxygens (including phenoxy) is 1. The molecule has 0 unspecified atom stereocenters. The molecule has 3 aliphatic carbocycles. The molecule has 0 N–H and O–H groups in total. The molecule has 1 heterocycles. The molecule has 2 bridgehead atoms. The summed E-state index contributed by atoms with van der Waals surface area (Å²) in [4.78, 5) is 41.2. The lowest BCUT2D eigenvalue weighted by molar-refractivity contribution is -0.159. The summed E-state index contributed by atoms with van der Waals surface area (Å²) in [5, 5.41) is 0.560. The molecule has 0 saturated carbocycles. The molecule has 1 fully saturated rings. The fraction of sp³-hybridized carbons (Fsp3) is 0.206. The van der Waals surface area contributed by atoms with E-state index in [1.165, 1.54) is 0 Å². The van der Waals surface area contributed by atoms with E-state index in [4.69, 9.17) is 39.5 Å². The van der Waals surface area contributed by atoms with Crippen LogP contribution >= 0.6 is 34.8 Å². The van der Waals surface area contributed by atoms with Crippen LogP contribution in [0.2, 0.25) is 5.02 Å². The first-order valence-corrected chi connectivity index (χ1v) is 14.8. The Morgan fingerprint density at radius 3 is 1.62 bits per heavy atom. The van der Waals surface area contributed by atoms with Crippen molar-refractivity contribution in [3.8, 4) is 0 Å². The van der Waals surface area contributed by atoms with Gasteiger partial charge in [-0.05, 0) is 45.5 Å². The standard InChI is InChI=1S/C34H24Cl3NO4/c35-22-16-14-21(15-17-22)19-42-32(41)27(18-20-8-2-1-3-9-20)38-30(39)28-29(31(38)40)34(37)24-11-5-4-10-23(24)33(28,36)25-12-6-7-13-26(25)34/h1-17,27-29H,18-19H2/t27-,28-,29+,33?,34?/m1/s1. The van der Waals surface area contributed by atoms with Gasteiger partial charge >= 0.3 is 5.97 Å². The Hall–Kier alpha value is -3.64. The van der Waals surface area contributed by atoms with Crippen molar-refractivity contribution in [2.45, 2.75) is 28.8 Å². The van der Waals surface area contributed by atoms with E-state index in [0.29, 0.717) is 27.3 Å². The number of likely N-dealkylation sites (tertiary alicyclic amines) is 1. The molecule has 4 aliphatic rings. The van der Waals surface area contributed by atoms with Crippen LogP contribution in [0.1, 0.15) is 33.4 Å². The summed E-state index contributed by atoms with van der Waals surface area (Å²) in [6.45, 7) is -0.0415. The van der Waals surface area contributed by atoms with Gasteiger partial charge in [0.2, 0.25) is 11.8 Å². The van der Waals surface area contributed by atoms with Gasteiger partial charge in [0.05, 0.1) is 11.8 Å². The zero-order chi connectivity index (χ0) is 29.2.